The summed E-state index contributed by atoms with van der Waals surface area (Å²) in [5.41, 5.74) is 0.353. The number of hydrogen-bond donors (Lipinski definition) is 2. The summed E-state index contributed by atoms with van der Waals surface area (Å²) in [5.74, 6) is 0.229. The van der Waals surface area contributed by atoms with Gasteiger partial charge >= 0.3 is 0 Å². The molecule has 8 heteroatoms. The van der Waals surface area contributed by atoms with E-state index in [1.165, 1.54) is 26.2 Å². The molecular formula is C14H23N3O4S. The van der Waals surface area contributed by atoms with Crippen LogP contribution in [0.4, 0.5) is 5.69 Å². The highest BCUT2D eigenvalue weighted by atomic mass is 32.2. The molecule has 0 unspecified atom stereocenters. The van der Waals surface area contributed by atoms with Gasteiger partial charge in [-0.15, -0.1) is 0 Å². The van der Waals surface area contributed by atoms with Gasteiger partial charge in [0.05, 0.1) is 17.2 Å². The summed E-state index contributed by atoms with van der Waals surface area (Å²) in [5, 5.41) is 5.57. The third-order valence-corrected chi connectivity index (χ3v) is 4.72. The lowest BCUT2D eigenvalue weighted by molar-refractivity contribution is -0.116. The average molecular weight is 329 g/mol. The number of carbonyl (C=O) groups excluding carboxylic acids is 1. The SMILES string of the molecule is CCOc1ccc(S(=O)(=O)N(C)C)cc1NC(=O)CCNC. The van der Waals surface area contributed by atoms with E-state index >= 15 is 0 Å². The predicted octanol–water partition coefficient (Wildman–Crippen LogP) is 0.884. The van der Waals surface area contributed by atoms with Gasteiger partial charge in [-0.05, 0) is 32.2 Å². The fraction of sp³-hybridized carbons (Fsp3) is 0.500. The number of nitrogens with zero attached hydrogens (tertiary/aromatic N) is 1. The molecule has 0 aromatic heterocycles. The molecule has 0 radical (unpaired) electrons. The molecule has 124 valence electrons. The minimum absolute atomic E-state index is 0.102. The smallest absolute Gasteiger partial charge is 0.242 e. The summed E-state index contributed by atoms with van der Waals surface area (Å²) >= 11 is 0. The zero-order valence-corrected chi connectivity index (χ0v) is 14.2. The molecule has 0 spiro atoms. The Hall–Kier alpha value is -1.64. The zero-order chi connectivity index (χ0) is 16.8. The maximum absolute atomic E-state index is 12.2. The van der Waals surface area contributed by atoms with Gasteiger partial charge in [0.25, 0.3) is 0 Å². The van der Waals surface area contributed by atoms with E-state index in [0.29, 0.717) is 24.6 Å². The van der Waals surface area contributed by atoms with E-state index in [9.17, 15) is 13.2 Å². The van der Waals surface area contributed by atoms with Crippen LogP contribution in [0.1, 0.15) is 13.3 Å². The van der Waals surface area contributed by atoms with Crippen LogP contribution in [0.5, 0.6) is 5.75 Å². The quantitative estimate of drug-likeness (QED) is 0.739. The number of carbonyl (C=O) groups is 1. The minimum atomic E-state index is -3.57. The Morgan fingerprint density at radius 1 is 1.32 bits per heavy atom. The van der Waals surface area contributed by atoms with Crippen molar-refractivity contribution in [1.82, 2.24) is 9.62 Å². The molecule has 7 nitrogen and oxygen atoms in total. The first-order chi connectivity index (χ1) is 10.3. The van der Waals surface area contributed by atoms with Gasteiger partial charge in [0, 0.05) is 27.1 Å². The van der Waals surface area contributed by atoms with Gasteiger partial charge in [-0.25, -0.2) is 12.7 Å². The van der Waals surface area contributed by atoms with E-state index < -0.39 is 10.0 Å². The first-order valence-corrected chi connectivity index (χ1v) is 8.40. The summed E-state index contributed by atoms with van der Waals surface area (Å²) in [6, 6.07) is 4.43. The first-order valence-electron chi connectivity index (χ1n) is 6.96. The van der Waals surface area contributed by atoms with E-state index in [-0.39, 0.29) is 17.2 Å². The second kappa shape index (κ2) is 8.11. The van der Waals surface area contributed by atoms with Gasteiger partial charge in [-0.3, -0.25) is 4.79 Å². The fourth-order valence-corrected chi connectivity index (χ4v) is 2.64. The predicted molar refractivity (Wildman–Crippen MR) is 85.7 cm³/mol. The van der Waals surface area contributed by atoms with E-state index in [1.807, 2.05) is 6.92 Å². The molecule has 0 aliphatic heterocycles. The Labute approximate surface area is 131 Å². The van der Waals surface area contributed by atoms with Crippen LogP contribution in [-0.4, -0.2) is 52.9 Å². The number of amides is 1. The van der Waals surface area contributed by atoms with Gasteiger partial charge in [-0.2, -0.15) is 0 Å². The maximum Gasteiger partial charge on any atom is 0.242 e. The molecule has 1 aromatic carbocycles. The average Bonchev–Trinajstić information content (AvgIpc) is 2.46. The number of anilines is 1. The van der Waals surface area contributed by atoms with Crippen molar-refractivity contribution < 1.29 is 17.9 Å². The maximum atomic E-state index is 12.2. The monoisotopic (exact) mass is 329 g/mol. The van der Waals surface area contributed by atoms with E-state index in [0.717, 1.165) is 4.31 Å². The topological polar surface area (TPSA) is 87.7 Å². The van der Waals surface area contributed by atoms with Gasteiger partial charge in [-0.1, -0.05) is 0 Å². The Kier molecular flexibility index (Phi) is 6.79. The summed E-state index contributed by atoms with van der Waals surface area (Å²) in [4.78, 5) is 12.0. The van der Waals surface area contributed by atoms with Crippen LogP contribution >= 0.6 is 0 Å². The fourth-order valence-electron chi connectivity index (χ4n) is 1.71. The third kappa shape index (κ3) is 4.69. The molecule has 0 bridgehead atoms. The Morgan fingerprint density at radius 2 is 2.00 bits per heavy atom. The van der Waals surface area contributed by atoms with Gasteiger partial charge in [0.15, 0.2) is 0 Å². The molecule has 2 N–H and O–H groups in total. The van der Waals surface area contributed by atoms with E-state index in [4.69, 9.17) is 4.74 Å². The summed E-state index contributed by atoms with van der Waals surface area (Å²) in [6.07, 6.45) is 0.284. The van der Waals surface area contributed by atoms with Crippen LogP contribution < -0.4 is 15.4 Å². The summed E-state index contributed by atoms with van der Waals surface area (Å²) in [6.45, 7) is 2.77. The second-order valence-corrected chi connectivity index (χ2v) is 6.93. The van der Waals surface area contributed by atoms with Crippen molar-refractivity contribution in [2.24, 2.45) is 0 Å². The van der Waals surface area contributed by atoms with E-state index in [2.05, 4.69) is 10.6 Å². The zero-order valence-electron chi connectivity index (χ0n) is 13.3. The lowest BCUT2D eigenvalue weighted by Gasteiger charge is -2.16. The van der Waals surface area contributed by atoms with Crippen LogP contribution in [0, 0.1) is 0 Å². The van der Waals surface area contributed by atoms with Crippen LogP contribution in [0.15, 0.2) is 23.1 Å². The van der Waals surface area contributed by atoms with Crippen molar-refractivity contribution >= 4 is 21.6 Å². The normalized spacial score (nSPS) is 11.5. The largest absolute Gasteiger partial charge is 0.492 e. The number of benzene rings is 1. The van der Waals surface area contributed by atoms with Gasteiger partial charge in [0.2, 0.25) is 15.9 Å². The summed E-state index contributed by atoms with van der Waals surface area (Å²) < 4.78 is 30.9. The van der Waals surface area contributed by atoms with Crippen molar-refractivity contribution in [3.05, 3.63) is 18.2 Å². The number of nitrogens with one attached hydrogen (secondary N) is 2. The lowest BCUT2D eigenvalue weighted by atomic mass is 10.2. The molecule has 22 heavy (non-hydrogen) atoms. The molecule has 1 rings (SSSR count). The molecular weight excluding hydrogens is 306 g/mol. The minimum Gasteiger partial charge on any atom is -0.492 e. The van der Waals surface area contributed by atoms with Crippen LogP contribution in [0.3, 0.4) is 0 Å². The van der Waals surface area contributed by atoms with Gasteiger partial charge in [0.1, 0.15) is 5.75 Å². The van der Waals surface area contributed by atoms with Crippen molar-refractivity contribution in [1.29, 1.82) is 0 Å². The molecule has 0 heterocycles. The highest BCUT2D eigenvalue weighted by molar-refractivity contribution is 7.89. The molecule has 1 aromatic rings. The van der Waals surface area contributed by atoms with Crippen molar-refractivity contribution in [3.8, 4) is 5.75 Å². The Morgan fingerprint density at radius 3 is 2.55 bits per heavy atom. The third-order valence-electron chi connectivity index (χ3n) is 2.91. The van der Waals surface area contributed by atoms with Crippen molar-refractivity contribution in [2.45, 2.75) is 18.2 Å². The molecule has 0 aliphatic carbocycles. The van der Waals surface area contributed by atoms with Crippen LogP contribution in [0.2, 0.25) is 0 Å². The molecule has 0 saturated heterocycles. The first kappa shape index (κ1) is 18.4. The molecule has 0 fully saturated rings. The number of sulfonamides is 1. The number of rotatable bonds is 8. The van der Waals surface area contributed by atoms with Crippen LogP contribution in [0.25, 0.3) is 0 Å². The van der Waals surface area contributed by atoms with Crippen LogP contribution in [-0.2, 0) is 14.8 Å². The molecule has 0 aliphatic rings. The second-order valence-electron chi connectivity index (χ2n) is 4.78. The van der Waals surface area contributed by atoms with Gasteiger partial charge < -0.3 is 15.4 Å². The number of ether oxygens (including phenoxy) is 1. The van der Waals surface area contributed by atoms with Crippen molar-refractivity contribution in [3.63, 3.8) is 0 Å². The standard InChI is InChI=1S/C14H23N3O4S/c1-5-21-13-7-6-11(22(19,20)17(3)4)10-12(13)16-14(18)8-9-15-2/h6-7,10,15H,5,8-9H2,1-4H3,(H,16,18). The molecule has 0 saturated carbocycles. The highest BCUT2D eigenvalue weighted by Crippen LogP contribution is 2.28. The lowest BCUT2D eigenvalue weighted by Crippen LogP contribution is -2.23. The Bertz CT molecular complexity index is 615. The summed E-state index contributed by atoms with van der Waals surface area (Å²) in [7, 11) is 1.09. The van der Waals surface area contributed by atoms with E-state index in [1.54, 1.807) is 13.1 Å². The molecule has 0 atom stereocenters. The number of hydrogen-bond acceptors (Lipinski definition) is 5. The Balaban J connectivity index is 3.13. The van der Waals surface area contributed by atoms with Crippen molar-refractivity contribution in [2.75, 3.05) is 39.6 Å². The highest BCUT2D eigenvalue weighted by Gasteiger charge is 2.19. The molecule has 1 amide bonds.